The van der Waals surface area contributed by atoms with E-state index in [-0.39, 0.29) is 20.0 Å². The SMILES string of the molecule is O=S(=O)(OS(=O)(=O)c1ccccc1)Sc1nc2ccccc2s1. The zero-order chi connectivity index (χ0) is 16.5. The Labute approximate surface area is 140 Å². The van der Waals surface area contributed by atoms with Gasteiger partial charge in [0.05, 0.1) is 25.9 Å². The predicted octanol–water partition coefficient (Wildman–Crippen LogP) is 3.04. The number of aromatic nitrogens is 1. The summed E-state index contributed by atoms with van der Waals surface area (Å²) < 4.78 is 53.3. The minimum Gasteiger partial charge on any atom is -0.229 e. The van der Waals surface area contributed by atoms with E-state index in [1.54, 1.807) is 30.3 Å². The van der Waals surface area contributed by atoms with Crippen molar-refractivity contribution in [3.05, 3.63) is 54.6 Å². The largest absolute Gasteiger partial charge is 0.343 e. The summed E-state index contributed by atoms with van der Waals surface area (Å²) in [6, 6.07) is 14.2. The lowest BCUT2D eigenvalue weighted by molar-refractivity contribution is 0.474. The highest BCUT2D eigenvalue weighted by Gasteiger charge is 2.27. The summed E-state index contributed by atoms with van der Waals surface area (Å²) in [6.07, 6.45) is 0. The van der Waals surface area contributed by atoms with Crippen molar-refractivity contribution in [1.82, 2.24) is 4.98 Å². The molecule has 3 rings (SSSR count). The Kier molecular flexibility index (Phi) is 4.43. The molecule has 3 aromatic rings. The van der Waals surface area contributed by atoms with Gasteiger partial charge in [0.25, 0.3) is 0 Å². The highest BCUT2D eigenvalue weighted by atomic mass is 33.2. The molecular weight excluding hydrogens is 378 g/mol. The summed E-state index contributed by atoms with van der Waals surface area (Å²) >= 11 is 1.14. The van der Waals surface area contributed by atoms with Gasteiger partial charge in [-0.2, -0.15) is 16.8 Å². The molecule has 2 aromatic carbocycles. The minimum atomic E-state index is -4.41. The van der Waals surface area contributed by atoms with E-state index < -0.39 is 19.3 Å². The third-order valence-electron chi connectivity index (χ3n) is 2.65. The van der Waals surface area contributed by atoms with E-state index in [0.29, 0.717) is 5.52 Å². The maximum atomic E-state index is 12.0. The van der Waals surface area contributed by atoms with E-state index in [1.165, 1.54) is 24.3 Å². The molecule has 0 radical (unpaired) electrons. The minimum absolute atomic E-state index is 0.189. The second-order valence-electron chi connectivity index (χ2n) is 4.27. The fraction of sp³-hybridized carbons (Fsp3) is 0. The average Bonchev–Trinajstić information content (AvgIpc) is 2.88. The average molecular weight is 387 g/mol. The number of hydrogen-bond acceptors (Lipinski definition) is 8. The van der Waals surface area contributed by atoms with Crippen LogP contribution in [0.25, 0.3) is 10.2 Å². The summed E-state index contributed by atoms with van der Waals surface area (Å²) in [5.74, 6) is 0. The molecule has 23 heavy (non-hydrogen) atoms. The highest BCUT2D eigenvalue weighted by molar-refractivity contribution is 8.71. The molecular formula is C13H9NO5S4. The number of benzene rings is 2. The van der Waals surface area contributed by atoms with Crippen molar-refractivity contribution in [3.8, 4) is 0 Å². The first-order chi connectivity index (χ1) is 10.9. The summed E-state index contributed by atoms with van der Waals surface area (Å²) in [5.41, 5.74) is 0.640. The third kappa shape index (κ3) is 3.90. The molecule has 0 N–H and O–H groups in total. The van der Waals surface area contributed by atoms with Gasteiger partial charge in [0.15, 0.2) is 4.34 Å². The van der Waals surface area contributed by atoms with Gasteiger partial charge >= 0.3 is 19.3 Å². The molecule has 0 aliphatic heterocycles. The second-order valence-corrected chi connectivity index (χ2v) is 10.6. The van der Waals surface area contributed by atoms with Gasteiger partial charge in [-0.05, 0) is 24.3 Å². The number of para-hydroxylation sites is 1. The van der Waals surface area contributed by atoms with Crippen LogP contribution in [0.15, 0.2) is 63.8 Å². The molecule has 0 aliphatic rings. The molecule has 120 valence electrons. The van der Waals surface area contributed by atoms with Crippen molar-refractivity contribution in [3.63, 3.8) is 0 Å². The zero-order valence-electron chi connectivity index (χ0n) is 11.3. The van der Waals surface area contributed by atoms with Gasteiger partial charge in [-0.25, -0.2) is 4.98 Å². The molecule has 0 saturated heterocycles. The third-order valence-corrected chi connectivity index (χ3v) is 8.56. The van der Waals surface area contributed by atoms with E-state index in [1.807, 2.05) is 0 Å². The van der Waals surface area contributed by atoms with Crippen LogP contribution in [-0.2, 0) is 22.9 Å². The van der Waals surface area contributed by atoms with Crippen LogP contribution in [-0.4, -0.2) is 21.8 Å². The fourth-order valence-corrected chi connectivity index (χ4v) is 7.53. The summed E-state index contributed by atoms with van der Waals surface area (Å²) in [5, 5.41) is 0. The van der Waals surface area contributed by atoms with Crippen molar-refractivity contribution in [2.75, 3.05) is 0 Å². The van der Waals surface area contributed by atoms with Crippen LogP contribution in [0.4, 0.5) is 0 Å². The number of rotatable bonds is 5. The molecule has 1 heterocycles. The number of fused-ring (bicyclic) bond motifs is 1. The standard InChI is InChI=1S/C13H9NO5S4/c15-22(16,10-6-2-1-3-7-10)19-23(17,18)21-13-14-11-8-4-5-9-12(11)20-13/h1-9H. The topological polar surface area (TPSA) is 90.4 Å². The van der Waals surface area contributed by atoms with Crippen LogP contribution in [0, 0.1) is 0 Å². The summed E-state index contributed by atoms with van der Waals surface area (Å²) in [7, 11) is -8.54. The van der Waals surface area contributed by atoms with Gasteiger partial charge in [-0.3, -0.25) is 0 Å². The quantitative estimate of drug-likeness (QED) is 0.622. The Morgan fingerprint density at radius 2 is 1.57 bits per heavy atom. The molecule has 10 heteroatoms. The van der Waals surface area contributed by atoms with Crippen LogP contribution >= 0.6 is 22.1 Å². The molecule has 0 amide bonds. The first kappa shape index (κ1) is 16.4. The van der Waals surface area contributed by atoms with Crippen LogP contribution in [0.3, 0.4) is 0 Å². The van der Waals surface area contributed by atoms with Crippen molar-refractivity contribution >= 4 is 51.6 Å². The molecule has 0 spiro atoms. The molecule has 0 bridgehead atoms. The Morgan fingerprint density at radius 1 is 0.913 bits per heavy atom. The van der Waals surface area contributed by atoms with Gasteiger partial charge in [0.2, 0.25) is 0 Å². The lowest BCUT2D eigenvalue weighted by Crippen LogP contribution is -2.10. The van der Waals surface area contributed by atoms with Crippen LogP contribution in [0.2, 0.25) is 0 Å². The normalized spacial score (nSPS) is 12.5. The molecule has 0 unspecified atom stereocenters. The molecule has 1 aromatic heterocycles. The van der Waals surface area contributed by atoms with Gasteiger partial charge in [-0.15, -0.1) is 15.0 Å². The van der Waals surface area contributed by atoms with Gasteiger partial charge < -0.3 is 0 Å². The lowest BCUT2D eigenvalue weighted by atomic mass is 10.3. The Bertz CT molecular complexity index is 1010. The highest BCUT2D eigenvalue weighted by Crippen LogP contribution is 2.34. The fourth-order valence-electron chi connectivity index (χ4n) is 1.72. The first-order valence-corrected chi connectivity index (χ1v) is 11.1. The molecule has 0 atom stereocenters. The smallest absolute Gasteiger partial charge is 0.229 e. The Balaban J connectivity index is 1.84. The Hall–Kier alpha value is -1.46. The lowest BCUT2D eigenvalue weighted by Gasteiger charge is -2.04. The summed E-state index contributed by atoms with van der Waals surface area (Å²) in [4.78, 5) is 3.90. The van der Waals surface area contributed by atoms with Crippen LogP contribution < -0.4 is 0 Å². The number of hydrogen-bond donors (Lipinski definition) is 0. The van der Waals surface area contributed by atoms with Crippen LogP contribution in [0.1, 0.15) is 0 Å². The number of thiazole rings is 1. The zero-order valence-corrected chi connectivity index (χ0v) is 14.6. The number of nitrogens with zero attached hydrogens (tertiary/aromatic N) is 1. The van der Waals surface area contributed by atoms with Crippen molar-refractivity contribution in [1.29, 1.82) is 0 Å². The molecule has 0 saturated carbocycles. The van der Waals surface area contributed by atoms with E-state index in [0.717, 1.165) is 16.0 Å². The maximum absolute atomic E-state index is 12.0. The maximum Gasteiger partial charge on any atom is 0.343 e. The van der Waals surface area contributed by atoms with Crippen molar-refractivity contribution < 1.29 is 20.5 Å². The van der Waals surface area contributed by atoms with Crippen molar-refractivity contribution in [2.24, 2.45) is 0 Å². The van der Waals surface area contributed by atoms with E-state index >= 15 is 0 Å². The van der Waals surface area contributed by atoms with Gasteiger partial charge in [0, 0.05) is 0 Å². The van der Waals surface area contributed by atoms with Crippen LogP contribution in [0.5, 0.6) is 0 Å². The predicted molar refractivity (Wildman–Crippen MR) is 89.1 cm³/mol. The molecule has 0 aliphatic carbocycles. The first-order valence-electron chi connectivity index (χ1n) is 6.17. The molecule has 6 nitrogen and oxygen atoms in total. The second kappa shape index (κ2) is 6.21. The van der Waals surface area contributed by atoms with E-state index in [2.05, 4.69) is 8.61 Å². The van der Waals surface area contributed by atoms with Crippen molar-refractivity contribution in [2.45, 2.75) is 9.24 Å². The van der Waals surface area contributed by atoms with E-state index in [9.17, 15) is 16.8 Å². The summed E-state index contributed by atoms with van der Waals surface area (Å²) in [6.45, 7) is 0. The van der Waals surface area contributed by atoms with E-state index in [4.69, 9.17) is 0 Å². The monoisotopic (exact) mass is 387 g/mol. The van der Waals surface area contributed by atoms with Gasteiger partial charge in [-0.1, -0.05) is 30.3 Å². The molecule has 0 fully saturated rings. The Morgan fingerprint density at radius 3 is 2.26 bits per heavy atom. The van der Waals surface area contributed by atoms with Gasteiger partial charge in [0.1, 0.15) is 0 Å².